The van der Waals surface area contributed by atoms with Crippen LogP contribution in [-0.4, -0.2) is 45.9 Å². The lowest BCUT2D eigenvalue weighted by molar-refractivity contribution is 0.0694. The summed E-state index contributed by atoms with van der Waals surface area (Å²) in [6.45, 7) is 1.26. The number of aromatic nitrogens is 2. The van der Waals surface area contributed by atoms with Crippen molar-refractivity contribution in [1.82, 2.24) is 9.55 Å². The first-order valence-electron chi connectivity index (χ1n) is 7.40. The topological polar surface area (TPSA) is 101 Å². The number of alkyl halides is 1. The van der Waals surface area contributed by atoms with Crippen molar-refractivity contribution in [3.8, 4) is 0 Å². The Balaban J connectivity index is 2.25. The van der Waals surface area contributed by atoms with Crippen LogP contribution in [-0.2, 0) is 6.54 Å². The second-order valence-corrected chi connectivity index (χ2v) is 5.78. The molecule has 0 aliphatic carbocycles. The van der Waals surface area contributed by atoms with Gasteiger partial charge in [0.05, 0.1) is 11.9 Å². The van der Waals surface area contributed by atoms with Gasteiger partial charge in [0.1, 0.15) is 17.9 Å². The first-order valence-corrected chi connectivity index (χ1v) is 7.40. The minimum absolute atomic E-state index is 0.0202. The molecule has 0 bridgehead atoms. The molecule has 0 spiro atoms. The molecular weight excluding hydrogens is 322 g/mol. The summed E-state index contributed by atoms with van der Waals surface area (Å²) in [5.41, 5.74) is 4.45. The maximum absolute atomic E-state index is 14.4. The molecule has 2 aromatic rings. The minimum Gasteiger partial charge on any atom is -0.477 e. The van der Waals surface area contributed by atoms with Gasteiger partial charge >= 0.3 is 5.97 Å². The van der Waals surface area contributed by atoms with Crippen LogP contribution in [0.5, 0.6) is 0 Å². The highest BCUT2D eigenvalue weighted by molar-refractivity contribution is 5.92. The van der Waals surface area contributed by atoms with Crippen LogP contribution in [0.3, 0.4) is 0 Å². The third kappa shape index (κ3) is 2.41. The van der Waals surface area contributed by atoms with Crippen LogP contribution >= 0.6 is 0 Å². The fourth-order valence-electron chi connectivity index (χ4n) is 2.81. The molecule has 3 rings (SSSR count). The molecule has 0 radical (unpaired) electrons. The van der Waals surface area contributed by atoms with Crippen LogP contribution in [0.15, 0.2) is 17.1 Å². The number of nitrogens with two attached hydrogens (primary N) is 1. The third-order valence-corrected chi connectivity index (χ3v) is 4.33. The van der Waals surface area contributed by atoms with Gasteiger partial charge in [0.2, 0.25) is 5.43 Å². The normalized spacial score (nSPS) is 20.2. The molecule has 0 amide bonds. The van der Waals surface area contributed by atoms with Crippen LogP contribution in [0.4, 0.5) is 14.6 Å². The van der Waals surface area contributed by atoms with Gasteiger partial charge in [-0.25, -0.2) is 18.6 Å². The first-order chi connectivity index (χ1) is 11.3. The van der Waals surface area contributed by atoms with Gasteiger partial charge in [-0.05, 0) is 13.0 Å². The molecule has 0 unspecified atom stereocenters. The molecule has 128 valence electrons. The van der Waals surface area contributed by atoms with E-state index in [4.69, 9.17) is 10.8 Å². The van der Waals surface area contributed by atoms with E-state index in [1.54, 1.807) is 4.90 Å². The van der Waals surface area contributed by atoms with Gasteiger partial charge in [-0.15, -0.1) is 0 Å². The fraction of sp³-hybridized carbons (Fsp3) is 0.400. The number of carboxylic acid groups (broad SMARTS) is 1. The number of halogens is 2. The Kier molecular flexibility index (Phi) is 3.96. The second kappa shape index (κ2) is 5.82. The predicted molar refractivity (Wildman–Crippen MR) is 83.7 cm³/mol. The molecule has 2 aromatic heterocycles. The fourth-order valence-corrected chi connectivity index (χ4v) is 2.81. The summed E-state index contributed by atoms with van der Waals surface area (Å²) in [5, 5.41) is 8.91. The molecule has 3 heterocycles. The Morgan fingerprint density at radius 2 is 2.25 bits per heavy atom. The molecule has 1 aliphatic rings. The molecule has 2 atom stereocenters. The van der Waals surface area contributed by atoms with E-state index in [0.29, 0.717) is 6.54 Å². The number of fused-ring (bicyclic) bond motifs is 1. The van der Waals surface area contributed by atoms with E-state index in [1.807, 2.05) is 6.92 Å². The molecule has 3 N–H and O–H groups in total. The van der Waals surface area contributed by atoms with Crippen molar-refractivity contribution in [2.45, 2.75) is 25.6 Å². The highest BCUT2D eigenvalue weighted by Crippen LogP contribution is 2.28. The summed E-state index contributed by atoms with van der Waals surface area (Å²) < 4.78 is 28.4. The van der Waals surface area contributed by atoms with Crippen molar-refractivity contribution in [2.75, 3.05) is 18.1 Å². The molecule has 24 heavy (non-hydrogen) atoms. The molecular formula is C15H16F2N4O3. The van der Waals surface area contributed by atoms with Gasteiger partial charge in [-0.2, -0.15) is 0 Å². The number of carboxylic acids is 1. The van der Waals surface area contributed by atoms with E-state index in [9.17, 15) is 18.4 Å². The van der Waals surface area contributed by atoms with E-state index >= 15 is 0 Å². The van der Waals surface area contributed by atoms with Crippen molar-refractivity contribution in [2.24, 2.45) is 5.73 Å². The maximum atomic E-state index is 14.4. The first kappa shape index (κ1) is 16.3. The van der Waals surface area contributed by atoms with E-state index in [2.05, 4.69) is 4.98 Å². The summed E-state index contributed by atoms with van der Waals surface area (Å²) in [7, 11) is 0. The highest BCUT2D eigenvalue weighted by atomic mass is 19.1. The summed E-state index contributed by atoms with van der Waals surface area (Å²) in [5.74, 6) is -2.18. The number of rotatable bonds is 4. The lowest BCUT2D eigenvalue weighted by atomic mass is 9.99. The van der Waals surface area contributed by atoms with Gasteiger partial charge < -0.3 is 20.3 Å². The zero-order valence-corrected chi connectivity index (χ0v) is 12.9. The molecule has 0 saturated carbocycles. The molecule has 1 saturated heterocycles. The van der Waals surface area contributed by atoms with Crippen LogP contribution in [0.1, 0.15) is 17.3 Å². The number of hydrogen-bond donors (Lipinski definition) is 2. The lowest BCUT2D eigenvalue weighted by Gasteiger charge is -2.45. The van der Waals surface area contributed by atoms with Gasteiger partial charge in [0, 0.05) is 24.8 Å². The zero-order valence-electron chi connectivity index (χ0n) is 12.9. The van der Waals surface area contributed by atoms with Gasteiger partial charge in [0.25, 0.3) is 0 Å². The predicted octanol–water partition coefficient (Wildman–Crippen LogP) is 0.739. The van der Waals surface area contributed by atoms with E-state index in [-0.39, 0.29) is 35.5 Å². The molecule has 9 heteroatoms. The van der Waals surface area contributed by atoms with Crippen molar-refractivity contribution >= 4 is 22.8 Å². The average Bonchev–Trinajstić information content (AvgIpc) is 2.54. The highest BCUT2D eigenvalue weighted by Gasteiger charge is 2.35. The average molecular weight is 338 g/mol. The Bertz CT molecular complexity index is 883. The molecule has 0 aromatic carbocycles. The van der Waals surface area contributed by atoms with Crippen molar-refractivity contribution in [3.63, 3.8) is 0 Å². The summed E-state index contributed by atoms with van der Waals surface area (Å²) >= 11 is 0. The monoisotopic (exact) mass is 338 g/mol. The standard InChI is InChI=1S/C15H16F2N4O3/c1-7-11(18)6-21(7)14-10(17)4-8-12(22)9(15(23)24)5-20(3-2-16)13(8)19-14/h4-5,7,11H,2-3,6,18H2,1H3,(H,23,24)/t7-,11+/m0/s1. The maximum Gasteiger partial charge on any atom is 0.341 e. The van der Waals surface area contributed by atoms with Crippen molar-refractivity contribution in [1.29, 1.82) is 0 Å². The lowest BCUT2D eigenvalue weighted by Crippen LogP contribution is -2.63. The SMILES string of the molecule is C[C@H]1[C@H](N)CN1c1nc2c(cc1F)c(=O)c(C(=O)O)cn2CCF. The Morgan fingerprint density at radius 1 is 1.54 bits per heavy atom. The molecule has 1 aliphatic heterocycles. The number of hydrogen-bond acceptors (Lipinski definition) is 5. The van der Waals surface area contributed by atoms with Crippen LogP contribution < -0.4 is 16.1 Å². The largest absolute Gasteiger partial charge is 0.477 e. The Morgan fingerprint density at radius 3 is 2.79 bits per heavy atom. The smallest absolute Gasteiger partial charge is 0.341 e. The third-order valence-electron chi connectivity index (χ3n) is 4.33. The summed E-state index contributed by atoms with van der Waals surface area (Å²) in [4.78, 5) is 29.2. The number of aryl methyl sites for hydroxylation is 1. The molecule has 7 nitrogen and oxygen atoms in total. The molecule has 1 fully saturated rings. The van der Waals surface area contributed by atoms with E-state index in [0.717, 1.165) is 12.3 Å². The minimum atomic E-state index is -1.46. The second-order valence-electron chi connectivity index (χ2n) is 5.78. The van der Waals surface area contributed by atoms with Crippen LogP contribution in [0, 0.1) is 5.82 Å². The quantitative estimate of drug-likeness (QED) is 0.853. The number of carbonyl (C=O) groups is 1. The van der Waals surface area contributed by atoms with Crippen molar-refractivity contribution in [3.05, 3.63) is 33.9 Å². The summed E-state index contributed by atoms with van der Waals surface area (Å²) in [6.07, 6.45) is 1.03. The van der Waals surface area contributed by atoms with Gasteiger partial charge in [0.15, 0.2) is 11.6 Å². The van der Waals surface area contributed by atoms with E-state index in [1.165, 1.54) is 4.57 Å². The van der Waals surface area contributed by atoms with Gasteiger partial charge in [-0.3, -0.25) is 4.79 Å². The number of aromatic carboxylic acids is 1. The Hall–Kier alpha value is -2.55. The summed E-state index contributed by atoms with van der Waals surface area (Å²) in [6, 6.07) is 0.728. The number of nitrogens with zero attached hydrogens (tertiary/aromatic N) is 3. The van der Waals surface area contributed by atoms with Crippen LogP contribution in [0.2, 0.25) is 0 Å². The van der Waals surface area contributed by atoms with Crippen LogP contribution in [0.25, 0.3) is 11.0 Å². The number of anilines is 1. The van der Waals surface area contributed by atoms with Gasteiger partial charge in [-0.1, -0.05) is 0 Å². The van der Waals surface area contributed by atoms with Crippen molar-refractivity contribution < 1.29 is 18.7 Å². The zero-order chi connectivity index (χ0) is 17.6. The van der Waals surface area contributed by atoms with E-state index < -0.39 is 29.5 Å². The Labute approximate surface area is 135 Å². The number of pyridine rings is 2.